The van der Waals surface area contributed by atoms with Crippen molar-refractivity contribution in [2.24, 2.45) is 0 Å². The summed E-state index contributed by atoms with van der Waals surface area (Å²) in [4.78, 5) is 10.2. The van der Waals surface area contributed by atoms with E-state index in [4.69, 9.17) is 9.78 Å². The van der Waals surface area contributed by atoms with Crippen LogP contribution in [0.2, 0.25) is 0 Å². The summed E-state index contributed by atoms with van der Waals surface area (Å²) in [7, 11) is 0. The summed E-state index contributed by atoms with van der Waals surface area (Å²) in [5.74, 6) is 0.174. The van der Waals surface area contributed by atoms with Crippen LogP contribution in [0.3, 0.4) is 0 Å². The number of aliphatic hydroxyl groups excluding tert-OH is 1. The van der Waals surface area contributed by atoms with E-state index >= 15 is 0 Å². The fourth-order valence-electron chi connectivity index (χ4n) is 1.78. The van der Waals surface area contributed by atoms with Gasteiger partial charge in [-0.3, -0.25) is 0 Å². The van der Waals surface area contributed by atoms with Crippen molar-refractivity contribution in [2.45, 2.75) is 25.7 Å². The summed E-state index contributed by atoms with van der Waals surface area (Å²) in [6.07, 6.45) is 5.59. The molecule has 0 spiro atoms. The Labute approximate surface area is 106 Å². The standard InChI is InChI=1S/C14H16O4/c1-2-4-13(16)14-8-7-10-5-3-6-12(15)11(10)9-17-18-14/h2-8,13-16H,9H2,1H3/b4-2+,8-7?. The summed E-state index contributed by atoms with van der Waals surface area (Å²) in [5.41, 5.74) is 1.53. The van der Waals surface area contributed by atoms with Crippen molar-refractivity contribution < 1.29 is 20.0 Å². The number of benzene rings is 1. The Hall–Kier alpha value is -1.62. The van der Waals surface area contributed by atoms with Crippen molar-refractivity contribution in [1.29, 1.82) is 0 Å². The van der Waals surface area contributed by atoms with Crippen molar-refractivity contribution in [2.75, 3.05) is 0 Å². The number of aromatic hydroxyl groups is 1. The molecule has 0 bridgehead atoms. The van der Waals surface area contributed by atoms with Crippen LogP contribution in [0.15, 0.2) is 36.4 Å². The molecule has 4 nitrogen and oxygen atoms in total. The van der Waals surface area contributed by atoms with E-state index in [1.807, 2.05) is 19.1 Å². The maximum Gasteiger partial charge on any atom is 0.141 e. The van der Waals surface area contributed by atoms with Gasteiger partial charge in [-0.15, -0.1) is 0 Å². The molecule has 0 aliphatic carbocycles. The Morgan fingerprint density at radius 1 is 1.44 bits per heavy atom. The second-order valence-corrected chi connectivity index (χ2v) is 4.04. The molecule has 0 amide bonds. The van der Waals surface area contributed by atoms with Crippen LogP contribution in [0.25, 0.3) is 6.08 Å². The van der Waals surface area contributed by atoms with E-state index in [2.05, 4.69) is 0 Å². The van der Waals surface area contributed by atoms with Gasteiger partial charge in [0, 0.05) is 5.56 Å². The van der Waals surface area contributed by atoms with Gasteiger partial charge >= 0.3 is 0 Å². The third kappa shape index (κ3) is 2.79. The largest absolute Gasteiger partial charge is 0.508 e. The van der Waals surface area contributed by atoms with Crippen LogP contribution in [-0.2, 0) is 16.4 Å². The first kappa shape index (κ1) is 12.8. The summed E-state index contributed by atoms with van der Waals surface area (Å²) in [6, 6.07) is 5.24. The number of rotatable bonds is 2. The number of phenolic OH excluding ortho intramolecular Hbond substituents is 1. The predicted molar refractivity (Wildman–Crippen MR) is 67.6 cm³/mol. The number of aliphatic hydroxyl groups is 1. The molecule has 0 aromatic heterocycles. The molecule has 2 unspecified atom stereocenters. The maximum absolute atomic E-state index is 9.80. The van der Waals surface area contributed by atoms with Gasteiger partial charge in [-0.1, -0.05) is 30.4 Å². The zero-order chi connectivity index (χ0) is 13.0. The highest BCUT2D eigenvalue weighted by Crippen LogP contribution is 2.25. The van der Waals surface area contributed by atoms with E-state index in [1.54, 1.807) is 30.4 Å². The van der Waals surface area contributed by atoms with E-state index in [1.165, 1.54) is 0 Å². The molecule has 4 heteroatoms. The molecule has 2 atom stereocenters. The average molecular weight is 248 g/mol. The molecule has 2 N–H and O–H groups in total. The average Bonchev–Trinajstić information content (AvgIpc) is 2.31. The lowest BCUT2D eigenvalue weighted by molar-refractivity contribution is -0.332. The van der Waals surface area contributed by atoms with Crippen molar-refractivity contribution in [3.05, 3.63) is 47.6 Å². The van der Waals surface area contributed by atoms with Gasteiger partial charge in [0.05, 0.1) is 0 Å². The van der Waals surface area contributed by atoms with Crippen LogP contribution in [-0.4, -0.2) is 22.4 Å². The van der Waals surface area contributed by atoms with E-state index in [0.29, 0.717) is 5.56 Å². The van der Waals surface area contributed by atoms with Crippen LogP contribution in [0.4, 0.5) is 0 Å². The molecular formula is C14H16O4. The minimum atomic E-state index is -0.759. The summed E-state index contributed by atoms with van der Waals surface area (Å²) < 4.78 is 0. The number of fused-ring (bicyclic) bond motifs is 1. The van der Waals surface area contributed by atoms with Gasteiger partial charge in [-0.2, -0.15) is 0 Å². The molecule has 0 saturated carbocycles. The quantitative estimate of drug-likeness (QED) is 0.622. The Morgan fingerprint density at radius 3 is 3.06 bits per heavy atom. The van der Waals surface area contributed by atoms with E-state index in [0.717, 1.165) is 5.56 Å². The zero-order valence-electron chi connectivity index (χ0n) is 10.1. The molecule has 1 aliphatic heterocycles. The molecule has 1 heterocycles. The first-order valence-electron chi connectivity index (χ1n) is 5.80. The summed E-state index contributed by atoms with van der Waals surface area (Å²) in [6.45, 7) is 1.97. The second kappa shape index (κ2) is 5.82. The third-order valence-electron chi connectivity index (χ3n) is 2.76. The Kier molecular flexibility index (Phi) is 4.15. The fourth-order valence-corrected chi connectivity index (χ4v) is 1.78. The highest BCUT2D eigenvalue weighted by atomic mass is 17.2. The van der Waals surface area contributed by atoms with Gasteiger partial charge in [-0.25, -0.2) is 9.78 Å². The maximum atomic E-state index is 9.80. The van der Waals surface area contributed by atoms with Crippen molar-refractivity contribution in [3.63, 3.8) is 0 Å². The minimum Gasteiger partial charge on any atom is -0.508 e. The van der Waals surface area contributed by atoms with Crippen LogP contribution >= 0.6 is 0 Å². The van der Waals surface area contributed by atoms with Gasteiger partial charge in [0.25, 0.3) is 0 Å². The van der Waals surface area contributed by atoms with Gasteiger partial charge in [0.1, 0.15) is 24.6 Å². The lowest BCUT2D eigenvalue weighted by atomic mass is 10.0. The third-order valence-corrected chi connectivity index (χ3v) is 2.76. The second-order valence-electron chi connectivity index (χ2n) is 4.04. The molecule has 2 rings (SSSR count). The SMILES string of the molecule is C/C=C/C(O)C1C=Cc2cccc(O)c2COO1. The van der Waals surface area contributed by atoms with Crippen LogP contribution in [0, 0.1) is 0 Å². The van der Waals surface area contributed by atoms with Crippen molar-refractivity contribution >= 4 is 6.08 Å². The topological polar surface area (TPSA) is 58.9 Å². The van der Waals surface area contributed by atoms with Crippen LogP contribution in [0.5, 0.6) is 5.75 Å². The minimum absolute atomic E-state index is 0.144. The van der Waals surface area contributed by atoms with Gasteiger partial charge in [0.2, 0.25) is 0 Å². The number of hydrogen-bond acceptors (Lipinski definition) is 4. The molecule has 0 radical (unpaired) electrons. The Bertz CT molecular complexity index is 465. The summed E-state index contributed by atoms with van der Waals surface area (Å²) in [5, 5.41) is 19.5. The number of allylic oxidation sites excluding steroid dienone is 1. The van der Waals surface area contributed by atoms with Crippen LogP contribution in [0.1, 0.15) is 18.1 Å². The van der Waals surface area contributed by atoms with Crippen LogP contribution < -0.4 is 0 Å². The molecule has 1 aromatic rings. The van der Waals surface area contributed by atoms with Gasteiger partial charge in [0.15, 0.2) is 0 Å². The molecule has 96 valence electrons. The molecule has 1 aliphatic rings. The smallest absolute Gasteiger partial charge is 0.141 e. The lowest BCUT2D eigenvalue weighted by Crippen LogP contribution is -2.26. The zero-order valence-corrected chi connectivity index (χ0v) is 10.1. The predicted octanol–water partition coefficient (Wildman–Crippen LogP) is 2.17. The number of phenols is 1. The molecule has 0 saturated heterocycles. The monoisotopic (exact) mass is 248 g/mol. The summed E-state index contributed by atoms with van der Waals surface area (Å²) >= 11 is 0. The highest BCUT2D eigenvalue weighted by Gasteiger charge is 2.18. The first-order valence-corrected chi connectivity index (χ1v) is 5.80. The first-order chi connectivity index (χ1) is 8.72. The van der Waals surface area contributed by atoms with E-state index in [-0.39, 0.29) is 12.4 Å². The van der Waals surface area contributed by atoms with Gasteiger partial charge in [-0.05, 0) is 24.6 Å². The molecular weight excluding hydrogens is 232 g/mol. The normalized spacial score (nSPS) is 21.3. The molecule has 18 heavy (non-hydrogen) atoms. The highest BCUT2D eigenvalue weighted by molar-refractivity contribution is 5.58. The number of hydrogen-bond donors (Lipinski definition) is 2. The Morgan fingerprint density at radius 2 is 2.28 bits per heavy atom. The van der Waals surface area contributed by atoms with E-state index < -0.39 is 12.2 Å². The van der Waals surface area contributed by atoms with Crippen molar-refractivity contribution in [1.82, 2.24) is 0 Å². The fraction of sp³-hybridized carbons (Fsp3) is 0.286. The molecule has 1 aromatic carbocycles. The Balaban J connectivity index is 2.26. The van der Waals surface area contributed by atoms with Gasteiger partial charge < -0.3 is 10.2 Å². The lowest BCUT2D eigenvalue weighted by Gasteiger charge is -2.19. The molecule has 0 fully saturated rings. The van der Waals surface area contributed by atoms with E-state index in [9.17, 15) is 10.2 Å². The van der Waals surface area contributed by atoms with Crippen molar-refractivity contribution in [3.8, 4) is 5.75 Å².